The van der Waals surface area contributed by atoms with Crippen molar-refractivity contribution in [3.8, 4) is 0 Å². The van der Waals surface area contributed by atoms with Crippen LogP contribution in [-0.4, -0.2) is 23.0 Å². The molecule has 0 rings (SSSR count). The normalized spacial score (nSPS) is 15.0. The van der Waals surface area contributed by atoms with E-state index in [1.54, 1.807) is 0 Å². The Labute approximate surface area is 80.5 Å². The molecule has 0 saturated heterocycles. The quantitative estimate of drug-likeness (QED) is 0.192. The zero-order valence-corrected chi connectivity index (χ0v) is 8.10. The smallest absolute Gasteiger partial charge is 0.309 e. The maximum atomic E-state index is 10.9. The van der Waals surface area contributed by atoms with Gasteiger partial charge in [0.2, 0.25) is 0 Å². The minimum Gasteiger partial charge on any atom is -0.309 e. The third kappa shape index (κ3) is 2.37. The lowest BCUT2D eigenvalue weighted by Crippen LogP contribution is -2.56. The van der Waals surface area contributed by atoms with Crippen molar-refractivity contribution in [2.45, 2.75) is 12.5 Å². The first kappa shape index (κ1) is 11.8. The van der Waals surface area contributed by atoms with Crippen LogP contribution in [0.25, 0.3) is 0 Å². The Kier molecular flexibility index (Phi) is 4.61. The average Bonchev–Trinajstić information content (AvgIpc) is 2.03. The molecule has 0 aromatic heterocycles. The first-order valence-electron chi connectivity index (χ1n) is 2.92. The molecule has 0 spiro atoms. The molecular formula is C5H9NO4S2. The van der Waals surface area contributed by atoms with Crippen LogP contribution in [0, 0.1) is 0 Å². The van der Waals surface area contributed by atoms with Gasteiger partial charge in [0.25, 0.3) is 0 Å². The van der Waals surface area contributed by atoms with E-state index in [1.807, 2.05) is 0 Å². The van der Waals surface area contributed by atoms with Crippen LogP contribution in [-0.2, 0) is 18.8 Å². The van der Waals surface area contributed by atoms with Gasteiger partial charge in [-0.2, -0.15) is 12.6 Å². The molecule has 7 heteroatoms. The lowest BCUT2D eigenvalue weighted by atomic mass is 9.99. The van der Waals surface area contributed by atoms with E-state index in [0.717, 1.165) is 6.92 Å². The molecular weight excluding hydrogens is 202 g/mol. The van der Waals surface area contributed by atoms with E-state index in [9.17, 15) is 9.59 Å². The summed E-state index contributed by atoms with van der Waals surface area (Å²) >= 11 is 6.91. The average molecular weight is 211 g/mol. The van der Waals surface area contributed by atoms with Crippen molar-refractivity contribution in [3.63, 3.8) is 0 Å². The standard InChI is InChI=1S/C5H9NO4S2/c1-3(7)5(6,2-11)4(8)9-10-12/h11-12H,2,6H2,1H3. The summed E-state index contributed by atoms with van der Waals surface area (Å²) in [5.41, 5.74) is 3.60. The zero-order chi connectivity index (χ0) is 9.78. The van der Waals surface area contributed by atoms with Crippen LogP contribution in [0.1, 0.15) is 6.92 Å². The second-order valence-electron chi connectivity index (χ2n) is 2.13. The van der Waals surface area contributed by atoms with Crippen LogP contribution in [0.5, 0.6) is 0 Å². The Balaban J connectivity index is 4.52. The van der Waals surface area contributed by atoms with E-state index < -0.39 is 17.3 Å². The summed E-state index contributed by atoms with van der Waals surface area (Å²) in [5.74, 6) is -1.72. The van der Waals surface area contributed by atoms with Gasteiger partial charge in [-0.25, -0.2) is 4.79 Å². The summed E-state index contributed by atoms with van der Waals surface area (Å²) in [4.78, 5) is 25.8. The highest BCUT2D eigenvalue weighted by Gasteiger charge is 2.40. The van der Waals surface area contributed by atoms with E-state index in [0.29, 0.717) is 0 Å². The molecule has 0 aromatic carbocycles. The molecule has 0 heterocycles. The predicted molar refractivity (Wildman–Crippen MR) is 47.6 cm³/mol. The lowest BCUT2D eigenvalue weighted by molar-refractivity contribution is -0.210. The summed E-state index contributed by atoms with van der Waals surface area (Å²) in [6, 6.07) is 0. The Morgan fingerprint density at radius 2 is 2.08 bits per heavy atom. The number of rotatable bonds is 4. The molecule has 0 aliphatic heterocycles. The van der Waals surface area contributed by atoms with E-state index >= 15 is 0 Å². The van der Waals surface area contributed by atoms with Gasteiger partial charge in [-0.3, -0.25) is 9.68 Å². The zero-order valence-electron chi connectivity index (χ0n) is 6.31. The maximum Gasteiger partial charge on any atom is 0.371 e. The highest BCUT2D eigenvalue weighted by Crippen LogP contribution is 2.08. The number of carbonyl (C=O) groups is 2. The largest absolute Gasteiger partial charge is 0.371 e. The first-order valence-corrected chi connectivity index (χ1v) is 3.92. The first-order chi connectivity index (χ1) is 5.49. The monoisotopic (exact) mass is 211 g/mol. The van der Waals surface area contributed by atoms with Crippen LogP contribution < -0.4 is 5.73 Å². The van der Waals surface area contributed by atoms with Crippen LogP contribution in [0.2, 0.25) is 0 Å². The molecule has 0 aliphatic rings. The van der Waals surface area contributed by atoms with Gasteiger partial charge in [-0.15, -0.1) is 4.33 Å². The van der Waals surface area contributed by atoms with Gasteiger partial charge in [0.05, 0.1) is 0 Å². The van der Waals surface area contributed by atoms with E-state index in [1.165, 1.54) is 0 Å². The number of thiol groups is 2. The number of nitrogens with two attached hydrogens (primary N) is 1. The van der Waals surface area contributed by atoms with E-state index in [-0.39, 0.29) is 5.75 Å². The van der Waals surface area contributed by atoms with Crippen molar-refractivity contribution in [3.05, 3.63) is 0 Å². The SMILES string of the molecule is CC(=O)C(N)(CS)C(=O)OOS. The van der Waals surface area contributed by atoms with Crippen molar-refractivity contribution in [2.75, 3.05) is 5.75 Å². The molecule has 0 radical (unpaired) electrons. The van der Waals surface area contributed by atoms with Gasteiger partial charge < -0.3 is 5.73 Å². The second-order valence-corrected chi connectivity index (χ2v) is 2.60. The van der Waals surface area contributed by atoms with Gasteiger partial charge >= 0.3 is 5.97 Å². The molecule has 0 bridgehead atoms. The fraction of sp³-hybridized carbons (Fsp3) is 0.600. The fourth-order valence-electron chi connectivity index (χ4n) is 0.428. The van der Waals surface area contributed by atoms with Crippen molar-refractivity contribution in [2.24, 2.45) is 5.73 Å². The van der Waals surface area contributed by atoms with Crippen molar-refractivity contribution >= 4 is 37.3 Å². The molecule has 1 atom stereocenters. The minimum absolute atomic E-state index is 0.154. The van der Waals surface area contributed by atoms with Crippen LogP contribution in [0.15, 0.2) is 0 Å². The summed E-state index contributed by atoms with van der Waals surface area (Å²) in [7, 11) is 0. The van der Waals surface area contributed by atoms with Crippen molar-refractivity contribution in [1.29, 1.82) is 0 Å². The molecule has 1 unspecified atom stereocenters. The number of hydrogen-bond acceptors (Lipinski definition) is 7. The van der Waals surface area contributed by atoms with Crippen LogP contribution >= 0.6 is 25.5 Å². The maximum absolute atomic E-state index is 10.9. The lowest BCUT2D eigenvalue weighted by Gasteiger charge is -2.19. The minimum atomic E-state index is -1.76. The third-order valence-electron chi connectivity index (χ3n) is 1.35. The van der Waals surface area contributed by atoms with Crippen molar-refractivity contribution in [1.82, 2.24) is 0 Å². The van der Waals surface area contributed by atoms with Gasteiger partial charge in [0.1, 0.15) is 0 Å². The molecule has 5 nitrogen and oxygen atoms in total. The van der Waals surface area contributed by atoms with E-state index in [4.69, 9.17) is 5.73 Å². The third-order valence-corrected chi connectivity index (χ3v) is 1.93. The summed E-state index contributed by atoms with van der Waals surface area (Å²) in [5, 5.41) is 0. The Morgan fingerprint density at radius 1 is 1.58 bits per heavy atom. The molecule has 0 saturated carbocycles. The Hall–Kier alpha value is -0.240. The molecule has 70 valence electrons. The molecule has 0 amide bonds. The predicted octanol–water partition coefficient (Wildman–Crippen LogP) is -0.478. The number of hydrogen-bond donors (Lipinski definition) is 3. The Morgan fingerprint density at radius 3 is 2.33 bits per heavy atom. The second kappa shape index (κ2) is 4.70. The molecule has 0 fully saturated rings. The van der Waals surface area contributed by atoms with Crippen LogP contribution in [0.3, 0.4) is 0 Å². The number of Topliss-reactive ketones (excluding diaryl/α,β-unsaturated/α-hetero) is 1. The van der Waals surface area contributed by atoms with Crippen molar-refractivity contribution < 1.29 is 18.8 Å². The van der Waals surface area contributed by atoms with E-state index in [2.05, 4.69) is 34.8 Å². The van der Waals surface area contributed by atoms with Gasteiger partial charge in [-0.1, -0.05) is 0 Å². The highest BCUT2D eigenvalue weighted by atomic mass is 32.1. The van der Waals surface area contributed by atoms with Gasteiger partial charge in [-0.05, 0) is 6.92 Å². The van der Waals surface area contributed by atoms with Crippen LogP contribution in [0.4, 0.5) is 0 Å². The van der Waals surface area contributed by atoms with Gasteiger partial charge in [0, 0.05) is 18.7 Å². The summed E-state index contributed by atoms with van der Waals surface area (Å²) in [6.45, 7) is 1.16. The Bertz CT molecular complexity index is 198. The number of ketones is 1. The summed E-state index contributed by atoms with van der Waals surface area (Å²) in [6.07, 6.45) is 0. The summed E-state index contributed by atoms with van der Waals surface area (Å²) < 4.78 is 3.78. The van der Waals surface area contributed by atoms with Gasteiger partial charge in [0.15, 0.2) is 11.3 Å². The highest BCUT2D eigenvalue weighted by molar-refractivity contribution is 7.80. The molecule has 2 N–H and O–H groups in total. The topological polar surface area (TPSA) is 78.6 Å². The molecule has 12 heavy (non-hydrogen) atoms. The molecule has 0 aromatic rings. The molecule has 0 aliphatic carbocycles. The fourth-order valence-corrected chi connectivity index (χ4v) is 0.847. The number of carbonyl (C=O) groups excluding carboxylic acids is 2.